The highest BCUT2D eigenvalue weighted by Gasteiger charge is 2.31. The normalized spacial score (nSPS) is 17.5. The third-order valence-electron chi connectivity index (χ3n) is 2.67. The smallest absolute Gasteiger partial charge is 0.246 e. The maximum absolute atomic E-state index is 11.4. The summed E-state index contributed by atoms with van der Waals surface area (Å²) in [6, 6.07) is 0.160. The summed E-state index contributed by atoms with van der Waals surface area (Å²) in [6.45, 7) is 3.47. The number of nitrogens with one attached hydrogen (secondary N) is 1. The van der Waals surface area contributed by atoms with E-state index in [1.807, 2.05) is 0 Å². The standard InChI is InChI=1S/C11H22N2O2/c1-2-3-6-15-8-11(14)13-10(7-12)9-4-5-9/h9-10H,2-8,12H2,1H3,(H,13,14). The zero-order chi connectivity index (χ0) is 11.1. The van der Waals surface area contributed by atoms with Crippen LogP contribution in [0.25, 0.3) is 0 Å². The molecule has 0 aliphatic heterocycles. The van der Waals surface area contributed by atoms with E-state index in [0.717, 1.165) is 12.8 Å². The van der Waals surface area contributed by atoms with Crippen LogP contribution >= 0.6 is 0 Å². The fraction of sp³-hybridized carbons (Fsp3) is 0.909. The summed E-state index contributed by atoms with van der Waals surface area (Å²) < 4.78 is 5.23. The van der Waals surface area contributed by atoms with Gasteiger partial charge in [-0.25, -0.2) is 0 Å². The van der Waals surface area contributed by atoms with Gasteiger partial charge in [0.25, 0.3) is 0 Å². The Morgan fingerprint density at radius 2 is 2.33 bits per heavy atom. The lowest BCUT2D eigenvalue weighted by atomic mass is 10.2. The third-order valence-corrected chi connectivity index (χ3v) is 2.67. The van der Waals surface area contributed by atoms with Crippen LogP contribution in [0.5, 0.6) is 0 Å². The van der Waals surface area contributed by atoms with Crippen molar-refractivity contribution >= 4 is 5.91 Å². The number of hydrogen-bond donors (Lipinski definition) is 2. The number of carbonyl (C=O) groups excluding carboxylic acids is 1. The number of ether oxygens (including phenoxy) is 1. The number of amides is 1. The molecule has 1 rings (SSSR count). The molecule has 1 unspecified atom stereocenters. The van der Waals surface area contributed by atoms with Crippen molar-refractivity contribution in [3.05, 3.63) is 0 Å². The Bertz CT molecular complexity index is 193. The highest BCUT2D eigenvalue weighted by atomic mass is 16.5. The molecule has 0 aromatic rings. The van der Waals surface area contributed by atoms with Gasteiger partial charge in [-0.1, -0.05) is 13.3 Å². The van der Waals surface area contributed by atoms with Gasteiger partial charge in [0.1, 0.15) is 6.61 Å². The first-order valence-corrected chi connectivity index (χ1v) is 5.85. The second kappa shape index (κ2) is 6.80. The minimum absolute atomic E-state index is 0.0338. The first-order chi connectivity index (χ1) is 7.27. The number of nitrogens with two attached hydrogens (primary N) is 1. The van der Waals surface area contributed by atoms with Gasteiger partial charge in [-0.15, -0.1) is 0 Å². The van der Waals surface area contributed by atoms with Gasteiger partial charge in [-0.3, -0.25) is 4.79 Å². The van der Waals surface area contributed by atoms with Crippen LogP contribution in [0.2, 0.25) is 0 Å². The summed E-state index contributed by atoms with van der Waals surface area (Å²) in [5.41, 5.74) is 5.58. The molecule has 0 aromatic heterocycles. The molecule has 1 saturated carbocycles. The third kappa shape index (κ3) is 5.14. The summed E-state index contributed by atoms with van der Waals surface area (Å²) in [5, 5.41) is 2.92. The average Bonchev–Trinajstić information content (AvgIpc) is 3.05. The largest absolute Gasteiger partial charge is 0.372 e. The van der Waals surface area contributed by atoms with Crippen molar-refractivity contribution in [3.63, 3.8) is 0 Å². The molecular formula is C11H22N2O2. The molecule has 0 spiro atoms. The van der Waals surface area contributed by atoms with E-state index < -0.39 is 0 Å². The molecule has 0 radical (unpaired) electrons. The van der Waals surface area contributed by atoms with Crippen molar-refractivity contribution in [2.75, 3.05) is 19.8 Å². The maximum Gasteiger partial charge on any atom is 0.246 e. The molecule has 4 nitrogen and oxygen atoms in total. The van der Waals surface area contributed by atoms with Crippen LogP contribution in [0.1, 0.15) is 32.6 Å². The average molecular weight is 214 g/mol. The van der Waals surface area contributed by atoms with Crippen LogP contribution in [0, 0.1) is 5.92 Å². The lowest BCUT2D eigenvalue weighted by molar-refractivity contribution is -0.126. The summed E-state index contributed by atoms with van der Waals surface area (Å²) in [6.07, 6.45) is 4.49. The predicted octanol–water partition coefficient (Wildman–Crippen LogP) is 0.657. The van der Waals surface area contributed by atoms with Gasteiger partial charge in [0, 0.05) is 19.2 Å². The quantitative estimate of drug-likeness (QED) is 0.583. The molecule has 0 bridgehead atoms. The number of unbranched alkanes of at least 4 members (excludes halogenated alkanes) is 1. The molecule has 3 N–H and O–H groups in total. The monoisotopic (exact) mass is 214 g/mol. The Balaban J connectivity index is 2.05. The molecule has 1 fully saturated rings. The fourth-order valence-electron chi connectivity index (χ4n) is 1.53. The van der Waals surface area contributed by atoms with Crippen molar-refractivity contribution in [1.82, 2.24) is 5.32 Å². The molecule has 1 aliphatic carbocycles. The van der Waals surface area contributed by atoms with Crippen molar-refractivity contribution in [3.8, 4) is 0 Å². The van der Waals surface area contributed by atoms with Crippen LogP contribution in [0.4, 0.5) is 0 Å². The minimum Gasteiger partial charge on any atom is -0.372 e. The maximum atomic E-state index is 11.4. The van der Waals surface area contributed by atoms with Crippen LogP contribution in [0.3, 0.4) is 0 Å². The molecule has 1 atom stereocenters. The minimum atomic E-state index is -0.0338. The number of rotatable bonds is 8. The Labute approximate surface area is 91.5 Å². The van der Waals surface area contributed by atoms with E-state index in [-0.39, 0.29) is 18.6 Å². The molecule has 1 amide bonds. The van der Waals surface area contributed by atoms with Gasteiger partial charge in [0.05, 0.1) is 0 Å². The highest BCUT2D eigenvalue weighted by Crippen LogP contribution is 2.32. The number of hydrogen-bond acceptors (Lipinski definition) is 3. The second-order valence-electron chi connectivity index (χ2n) is 4.15. The molecule has 0 aromatic carbocycles. The molecule has 4 heteroatoms. The van der Waals surface area contributed by atoms with E-state index in [1.54, 1.807) is 0 Å². The van der Waals surface area contributed by atoms with Crippen LogP contribution < -0.4 is 11.1 Å². The van der Waals surface area contributed by atoms with E-state index >= 15 is 0 Å². The molecule has 15 heavy (non-hydrogen) atoms. The van der Waals surface area contributed by atoms with Crippen molar-refractivity contribution < 1.29 is 9.53 Å². The number of carbonyl (C=O) groups is 1. The first-order valence-electron chi connectivity index (χ1n) is 5.85. The summed E-state index contributed by atoms with van der Waals surface area (Å²) in [5.74, 6) is 0.572. The Morgan fingerprint density at radius 3 is 2.87 bits per heavy atom. The zero-order valence-corrected chi connectivity index (χ0v) is 9.50. The molecule has 1 aliphatic rings. The predicted molar refractivity (Wildman–Crippen MR) is 59.4 cm³/mol. The van der Waals surface area contributed by atoms with Gasteiger partial charge in [0.15, 0.2) is 0 Å². The van der Waals surface area contributed by atoms with E-state index in [0.29, 0.717) is 19.1 Å². The van der Waals surface area contributed by atoms with Crippen LogP contribution in [0.15, 0.2) is 0 Å². The van der Waals surface area contributed by atoms with Crippen LogP contribution in [-0.4, -0.2) is 31.7 Å². The van der Waals surface area contributed by atoms with Gasteiger partial charge in [0.2, 0.25) is 5.91 Å². The topological polar surface area (TPSA) is 64.3 Å². The highest BCUT2D eigenvalue weighted by molar-refractivity contribution is 5.77. The van der Waals surface area contributed by atoms with E-state index in [1.165, 1.54) is 12.8 Å². The lowest BCUT2D eigenvalue weighted by Gasteiger charge is -2.15. The SMILES string of the molecule is CCCCOCC(=O)NC(CN)C1CC1. The van der Waals surface area contributed by atoms with Crippen LogP contribution in [-0.2, 0) is 9.53 Å². The molecule has 88 valence electrons. The zero-order valence-electron chi connectivity index (χ0n) is 9.50. The lowest BCUT2D eigenvalue weighted by Crippen LogP contribution is -2.43. The van der Waals surface area contributed by atoms with E-state index in [9.17, 15) is 4.79 Å². The van der Waals surface area contributed by atoms with E-state index in [4.69, 9.17) is 10.5 Å². The van der Waals surface area contributed by atoms with Gasteiger partial charge >= 0.3 is 0 Å². The Hall–Kier alpha value is -0.610. The summed E-state index contributed by atoms with van der Waals surface area (Å²) >= 11 is 0. The second-order valence-corrected chi connectivity index (χ2v) is 4.15. The van der Waals surface area contributed by atoms with Crippen molar-refractivity contribution in [1.29, 1.82) is 0 Å². The van der Waals surface area contributed by atoms with Crippen molar-refractivity contribution in [2.24, 2.45) is 11.7 Å². The van der Waals surface area contributed by atoms with Gasteiger partial charge in [-0.2, -0.15) is 0 Å². The summed E-state index contributed by atoms with van der Waals surface area (Å²) in [7, 11) is 0. The van der Waals surface area contributed by atoms with Gasteiger partial charge < -0.3 is 15.8 Å². The van der Waals surface area contributed by atoms with Gasteiger partial charge in [-0.05, 0) is 25.2 Å². The fourth-order valence-corrected chi connectivity index (χ4v) is 1.53. The molecule has 0 heterocycles. The molecule has 0 saturated heterocycles. The molecular weight excluding hydrogens is 192 g/mol. The Kier molecular flexibility index (Phi) is 5.65. The van der Waals surface area contributed by atoms with E-state index in [2.05, 4.69) is 12.2 Å². The first kappa shape index (κ1) is 12.5. The van der Waals surface area contributed by atoms with Crippen molar-refractivity contribution in [2.45, 2.75) is 38.6 Å². The summed E-state index contributed by atoms with van der Waals surface area (Å²) in [4.78, 5) is 11.4. The Morgan fingerprint density at radius 1 is 1.60 bits per heavy atom.